The van der Waals surface area contributed by atoms with E-state index in [1.54, 1.807) is 5.54 Å². The van der Waals surface area contributed by atoms with Crippen molar-refractivity contribution in [3.63, 3.8) is 0 Å². The number of allylic oxidation sites excluding steroid dienone is 1. The van der Waals surface area contributed by atoms with Gasteiger partial charge in [0.05, 0.1) is 0 Å². The van der Waals surface area contributed by atoms with Crippen LogP contribution in [0.25, 0.3) is 5.70 Å². The summed E-state index contributed by atoms with van der Waals surface area (Å²) in [6.07, 6.45) is 12.2. The molecular formula is C21H32LiN2Si. The molecule has 2 fully saturated rings. The van der Waals surface area contributed by atoms with Gasteiger partial charge in [-0.25, -0.2) is 0 Å². The maximum atomic E-state index is 4.13. The standard InChI is InChI=1S/C21H31N2Si.Li.H/c1-24(2,22-17-10-4-3-5-11-17)21-16-20(23-14-8-9-15-23)18-12-6-7-13-19(18)21;;/h6-7,12-13,16-17,22H,3-5,8-11,14-15H2,1-2H3;;. The third kappa shape index (κ3) is 3.95. The van der Waals surface area contributed by atoms with Gasteiger partial charge in [0, 0.05) is 35.9 Å². The molecule has 0 amide bonds. The first-order valence-electron chi connectivity index (χ1n) is 9.87. The molecule has 4 rings (SSSR count). The van der Waals surface area contributed by atoms with Crippen molar-refractivity contribution in [1.82, 2.24) is 9.88 Å². The van der Waals surface area contributed by atoms with Crippen LogP contribution in [-0.2, 0) is 0 Å². The van der Waals surface area contributed by atoms with E-state index in [1.165, 1.54) is 74.9 Å². The summed E-state index contributed by atoms with van der Waals surface area (Å²) < 4.78 is 0. The predicted molar refractivity (Wildman–Crippen MR) is 112 cm³/mol. The molecule has 1 saturated heterocycles. The Morgan fingerprint density at radius 1 is 0.920 bits per heavy atom. The summed E-state index contributed by atoms with van der Waals surface area (Å²) in [4.78, 5) is 6.74. The maximum absolute atomic E-state index is 4.13. The van der Waals surface area contributed by atoms with Gasteiger partial charge in [-0.2, -0.15) is 0 Å². The van der Waals surface area contributed by atoms with E-state index in [0.717, 1.165) is 6.04 Å². The Morgan fingerprint density at radius 3 is 2.24 bits per heavy atom. The molecular weight excluding hydrogens is 315 g/mol. The molecule has 0 aromatic heterocycles. The van der Waals surface area contributed by atoms with Crippen molar-refractivity contribution in [1.29, 1.82) is 0 Å². The summed E-state index contributed by atoms with van der Waals surface area (Å²) in [5.74, 6) is 0. The van der Waals surface area contributed by atoms with Crippen LogP contribution in [0.1, 0.15) is 56.1 Å². The number of likely N-dealkylation sites (tertiary alicyclic amines) is 1. The van der Waals surface area contributed by atoms with E-state index in [1.807, 2.05) is 0 Å². The molecule has 0 unspecified atom stereocenters. The molecule has 0 spiro atoms. The average Bonchev–Trinajstić information content (AvgIpc) is 3.23. The van der Waals surface area contributed by atoms with Crippen molar-refractivity contribution < 1.29 is 0 Å². The second-order valence-corrected chi connectivity index (χ2v) is 12.4. The second-order valence-electron chi connectivity index (χ2n) is 8.29. The van der Waals surface area contributed by atoms with E-state index < -0.39 is 8.24 Å². The summed E-state index contributed by atoms with van der Waals surface area (Å²) >= 11 is 0. The van der Waals surface area contributed by atoms with Crippen molar-refractivity contribution in [2.75, 3.05) is 13.1 Å². The number of nitrogens with zero attached hydrogens (tertiary/aromatic N) is 1. The molecule has 3 aliphatic rings. The Hall–Kier alpha value is -0.466. The zero-order valence-corrected chi connectivity index (χ0v) is 16.3. The Balaban J connectivity index is 0.00000182. The van der Waals surface area contributed by atoms with Gasteiger partial charge in [0.15, 0.2) is 0 Å². The van der Waals surface area contributed by atoms with Crippen molar-refractivity contribution in [3.8, 4) is 0 Å². The molecule has 1 N–H and O–H groups in total. The molecule has 0 bridgehead atoms. The van der Waals surface area contributed by atoms with Gasteiger partial charge in [0.25, 0.3) is 0 Å². The van der Waals surface area contributed by atoms with Gasteiger partial charge in [0.2, 0.25) is 0 Å². The van der Waals surface area contributed by atoms with Crippen LogP contribution in [0.3, 0.4) is 0 Å². The molecule has 2 nitrogen and oxygen atoms in total. The first-order chi connectivity index (χ1) is 11.6. The SMILES string of the molecule is C[Si](C)(NC1CCCCC1)[C]1C=C(N2CCCC2)c2ccccc21.[LiH]. The van der Waals surface area contributed by atoms with Crippen LogP contribution in [0.2, 0.25) is 13.1 Å². The number of nitrogens with one attached hydrogen (secondary N) is 1. The Labute approximate surface area is 166 Å². The monoisotopic (exact) mass is 347 g/mol. The molecule has 2 aliphatic carbocycles. The Kier molecular flexibility index (Phi) is 6.21. The van der Waals surface area contributed by atoms with Gasteiger partial charge in [0.1, 0.15) is 8.24 Å². The predicted octanol–water partition coefficient (Wildman–Crippen LogP) is 4.08. The van der Waals surface area contributed by atoms with Gasteiger partial charge in [-0.3, -0.25) is 0 Å². The molecule has 1 heterocycles. The van der Waals surface area contributed by atoms with Crippen molar-refractivity contribution in [2.24, 2.45) is 0 Å². The van der Waals surface area contributed by atoms with Crippen LogP contribution in [0, 0.1) is 5.54 Å². The van der Waals surface area contributed by atoms with Gasteiger partial charge in [-0.1, -0.05) is 62.7 Å². The number of benzene rings is 1. The fourth-order valence-electron chi connectivity index (χ4n) is 4.81. The molecule has 1 saturated carbocycles. The summed E-state index contributed by atoms with van der Waals surface area (Å²) in [6, 6.07) is 9.84. The molecule has 1 aromatic rings. The van der Waals surface area contributed by atoms with Crippen molar-refractivity contribution in [2.45, 2.75) is 64.1 Å². The van der Waals surface area contributed by atoms with E-state index in [0.29, 0.717) is 0 Å². The number of fused-ring (bicyclic) bond motifs is 1. The minimum atomic E-state index is -1.64. The summed E-state index contributed by atoms with van der Waals surface area (Å²) in [6.45, 7) is 7.48. The fraction of sp³-hybridized carbons (Fsp3) is 0.571. The molecule has 1 radical (unpaired) electrons. The normalized spacial score (nSPS) is 21.8. The van der Waals surface area contributed by atoms with E-state index in [2.05, 4.69) is 53.3 Å². The van der Waals surface area contributed by atoms with Crippen LogP contribution in [0.5, 0.6) is 0 Å². The van der Waals surface area contributed by atoms with Gasteiger partial charge >= 0.3 is 18.9 Å². The summed E-state index contributed by atoms with van der Waals surface area (Å²) in [7, 11) is -1.64. The van der Waals surface area contributed by atoms with Crippen LogP contribution in [-0.4, -0.2) is 51.1 Å². The second kappa shape index (κ2) is 8.05. The quantitative estimate of drug-likeness (QED) is 0.826. The molecule has 4 heteroatoms. The first-order valence-corrected chi connectivity index (χ1v) is 12.9. The Morgan fingerprint density at radius 2 is 1.56 bits per heavy atom. The third-order valence-electron chi connectivity index (χ3n) is 6.06. The fourth-order valence-corrected chi connectivity index (χ4v) is 7.66. The van der Waals surface area contributed by atoms with Gasteiger partial charge < -0.3 is 9.88 Å². The van der Waals surface area contributed by atoms with E-state index >= 15 is 0 Å². The zero-order valence-electron chi connectivity index (χ0n) is 15.3. The minimum absolute atomic E-state index is 0. The number of hydrogen-bond acceptors (Lipinski definition) is 2. The molecule has 1 aromatic carbocycles. The topological polar surface area (TPSA) is 15.3 Å². The van der Waals surface area contributed by atoms with Crippen LogP contribution in [0.4, 0.5) is 0 Å². The summed E-state index contributed by atoms with van der Waals surface area (Å²) in [5.41, 5.74) is 6.08. The van der Waals surface area contributed by atoms with E-state index in [9.17, 15) is 0 Å². The zero-order chi connectivity index (χ0) is 16.6. The van der Waals surface area contributed by atoms with E-state index in [-0.39, 0.29) is 18.9 Å². The van der Waals surface area contributed by atoms with Crippen LogP contribution in [0.15, 0.2) is 30.3 Å². The number of rotatable bonds is 4. The van der Waals surface area contributed by atoms with Crippen LogP contribution < -0.4 is 4.98 Å². The van der Waals surface area contributed by atoms with Crippen molar-refractivity contribution >= 4 is 32.8 Å². The number of hydrogen-bond donors (Lipinski definition) is 1. The molecule has 25 heavy (non-hydrogen) atoms. The molecule has 131 valence electrons. The van der Waals surface area contributed by atoms with Crippen LogP contribution >= 0.6 is 0 Å². The molecule has 0 atom stereocenters. The van der Waals surface area contributed by atoms with Gasteiger partial charge in [-0.05, 0) is 31.2 Å². The third-order valence-corrected chi connectivity index (χ3v) is 8.95. The molecule has 1 aliphatic heterocycles. The van der Waals surface area contributed by atoms with Crippen molar-refractivity contribution in [3.05, 3.63) is 47.0 Å². The Bertz CT molecular complexity index is 616. The van der Waals surface area contributed by atoms with Gasteiger partial charge in [-0.15, -0.1) is 0 Å². The first kappa shape index (κ1) is 19.3. The summed E-state index contributed by atoms with van der Waals surface area (Å²) in [5, 5.41) is 0. The van der Waals surface area contributed by atoms with E-state index in [4.69, 9.17) is 0 Å². The average molecular weight is 348 g/mol.